The van der Waals surface area contributed by atoms with E-state index in [1.807, 2.05) is 0 Å². The molecule has 0 aliphatic rings. The molecule has 0 saturated heterocycles. The lowest BCUT2D eigenvalue weighted by molar-refractivity contribution is -0.158. The van der Waals surface area contributed by atoms with E-state index < -0.39 is 31.3 Å². The Morgan fingerprint density at radius 1 is 1.00 bits per heavy atom. The lowest BCUT2D eigenvalue weighted by Gasteiger charge is -2.32. The van der Waals surface area contributed by atoms with Gasteiger partial charge in [0.15, 0.2) is 0 Å². The van der Waals surface area contributed by atoms with Crippen LogP contribution in [0.25, 0.3) is 0 Å². The van der Waals surface area contributed by atoms with Crippen LogP contribution >= 0.6 is 7.60 Å². The topological polar surface area (TPSA) is 108 Å². The highest BCUT2D eigenvalue weighted by Crippen LogP contribution is 2.61. The fourth-order valence-corrected chi connectivity index (χ4v) is 3.58. The summed E-state index contributed by atoms with van der Waals surface area (Å²) in [6, 6.07) is 0. The van der Waals surface area contributed by atoms with Gasteiger partial charge in [0, 0.05) is 12.0 Å². The molecule has 1 N–H and O–H groups in total. The van der Waals surface area contributed by atoms with Crippen molar-refractivity contribution in [2.75, 3.05) is 26.4 Å². The van der Waals surface area contributed by atoms with Crippen LogP contribution in [0.15, 0.2) is 12.2 Å². The zero-order valence-corrected chi connectivity index (χ0v) is 14.9. The molecule has 0 aromatic rings. The van der Waals surface area contributed by atoms with E-state index >= 15 is 0 Å². The van der Waals surface area contributed by atoms with Gasteiger partial charge in [-0.05, 0) is 27.7 Å². The average molecular weight is 352 g/mol. The highest BCUT2D eigenvalue weighted by Gasteiger charge is 2.58. The summed E-state index contributed by atoms with van der Waals surface area (Å²) in [4.78, 5) is 23.9. The molecule has 0 fully saturated rings. The summed E-state index contributed by atoms with van der Waals surface area (Å²) in [5.74, 6) is -2.04. The zero-order chi connectivity index (χ0) is 18.1. The van der Waals surface area contributed by atoms with Gasteiger partial charge in [0.1, 0.15) is 0 Å². The largest absolute Gasteiger partial charge is 0.463 e. The molecular weight excluding hydrogens is 327 g/mol. The molecule has 1 unspecified atom stereocenters. The van der Waals surface area contributed by atoms with Crippen molar-refractivity contribution in [1.29, 1.82) is 0 Å². The fraction of sp³-hybridized carbons (Fsp3) is 0.714. The van der Waals surface area contributed by atoms with Crippen LogP contribution in [0, 0.1) is 0 Å². The molecule has 0 rings (SSSR count). The number of carbonyl (C=O) groups excluding carboxylic acids is 2. The van der Waals surface area contributed by atoms with Crippen LogP contribution in [0.2, 0.25) is 0 Å². The smallest absolute Gasteiger partial charge is 0.373 e. The van der Waals surface area contributed by atoms with Crippen LogP contribution in [0.4, 0.5) is 0 Å². The molecule has 0 spiro atoms. The van der Waals surface area contributed by atoms with Crippen LogP contribution in [0.3, 0.4) is 0 Å². The number of carbonyl (C=O) groups is 2. The molecule has 0 saturated carbocycles. The normalized spacial score (nSPS) is 14.0. The van der Waals surface area contributed by atoms with E-state index in [2.05, 4.69) is 6.58 Å². The first kappa shape index (κ1) is 21.8. The van der Waals surface area contributed by atoms with Crippen molar-refractivity contribution in [2.24, 2.45) is 0 Å². The highest BCUT2D eigenvalue weighted by atomic mass is 31.2. The lowest BCUT2D eigenvalue weighted by atomic mass is 10.1. The van der Waals surface area contributed by atoms with Crippen molar-refractivity contribution < 1.29 is 37.8 Å². The second-order valence-electron chi connectivity index (χ2n) is 4.37. The molecule has 1 atom stereocenters. The quantitative estimate of drug-likeness (QED) is 0.342. The Morgan fingerprint density at radius 3 is 1.87 bits per heavy atom. The summed E-state index contributed by atoms with van der Waals surface area (Å²) in [6.07, 6.45) is -0.693. The third-order valence-corrected chi connectivity index (χ3v) is 5.12. The summed E-state index contributed by atoms with van der Waals surface area (Å²) in [7, 11) is -4.33. The van der Waals surface area contributed by atoms with E-state index in [0.717, 1.165) is 0 Å². The average Bonchev–Trinajstić information content (AvgIpc) is 2.47. The van der Waals surface area contributed by atoms with Crippen LogP contribution in [-0.4, -0.2) is 48.8 Å². The lowest BCUT2D eigenvalue weighted by Crippen LogP contribution is -2.42. The standard InChI is InChI=1S/C14H25O8P/c1-6-19-12(15)11(5)10-14(17,13(16)20-7-2)23(18,21-8-3)22-9-4/h17H,5-10H2,1-4H3. The third kappa shape index (κ3) is 5.42. The predicted octanol–water partition coefficient (Wildman–Crippen LogP) is 2.01. The molecule has 0 heterocycles. The Labute approximate surface area is 136 Å². The summed E-state index contributed by atoms with van der Waals surface area (Å²) in [5.41, 5.74) is -0.248. The number of ether oxygens (including phenoxy) is 2. The van der Waals surface area contributed by atoms with Gasteiger partial charge in [-0.15, -0.1) is 0 Å². The summed E-state index contributed by atoms with van der Waals surface area (Å²) >= 11 is 0. The van der Waals surface area contributed by atoms with Gasteiger partial charge in [-0.3, -0.25) is 4.57 Å². The van der Waals surface area contributed by atoms with Crippen LogP contribution in [-0.2, 0) is 32.7 Å². The first-order valence-corrected chi connectivity index (χ1v) is 8.90. The van der Waals surface area contributed by atoms with Crippen LogP contribution in [0.1, 0.15) is 34.1 Å². The van der Waals surface area contributed by atoms with Crippen molar-refractivity contribution in [3.8, 4) is 0 Å². The number of hydrogen-bond acceptors (Lipinski definition) is 8. The van der Waals surface area contributed by atoms with Gasteiger partial charge in [-0.25, -0.2) is 9.59 Å². The maximum atomic E-state index is 12.9. The highest BCUT2D eigenvalue weighted by molar-refractivity contribution is 7.56. The molecule has 0 amide bonds. The van der Waals surface area contributed by atoms with Crippen molar-refractivity contribution in [3.05, 3.63) is 12.2 Å². The third-order valence-electron chi connectivity index (χ3n) is 2.68. The van der Waals surface area contributed by atoms with Crippen LogP contribution < -0.4 is 0 Å². The Kier molecular flexibility index (Phi) is 9.31. The molecule has 0 radical (unpaired) electrons. The molecule has 0 aliphatic carbocycles. The number of hydrogen-bond donors (Lipinski definition) is 1. The van der Waals surface area contributed by atoms with Gasteiger partial charge in [0.25, 0.3) is 5.34 Å². The van der Waals surface area contributed by atoms with Crippen molar-refractivity contribution in [3.63, 3.8) is 0 Å². The van der Waals surface area contributed by atoms with Gasteiger partial charge in [0.05, 0.1) is 26.4 Å². The first-order chi connectivity index (χ1) is 10.7. The molecule has 0 aliphatic heterocycles. The fourth-order valence-electron chi connectivity index (χ4n) is 1.72. The van der Waals surface area contributed by atoms with E-state index in [4.69, 9.17) is 18.5 Å². The second kappa shape index (κ2) is 9.82. The first-order valence-electron chi connectivity index (χ1n) is 7.36. The van der Waals surface area contributed by atoms with Gasteiger partial charge >= 0.3 is 19.5 Å². The van der Waals surface area contributed by atoms with Crippen molar-refractivity contribution in [1.82, 2.24) is 0 Å². The zero-order valence-electron chi connectivity index (χ0n) is 14.0. The Morgan fingerprint density at radius 2 is 1.48 bits per heavy atom. The Hall–Kier alpha value is -1.21. The summed E-state index contributed by atoms with van der Waals surface area (Å²) in [5, 5.41) is 8.04. The second-order valence-corrected chi connectivity index (χ2v) is 6.62. The van der Waals surface area contributed by atoms with Gasteiger partial charge in [0.2, 0.25) is 0 Å². The maximum Gasteiger partial charge on any atom is 0.373 e. The molecule has 0 bridgehead atoms. The molecule has 134 valence electrons. The number of aliphatic hydroxyl groups is 1. The molecule has 8 nitrogen and oxygen atoms in total. The van der Waals surface area contributed by atoms with E-state index in [0.29, 0.717) is 0 Å². The predicted molar refractivity (Wildman–Crippen MR) is 82.8 cm³/mol. The minimum atomic E-state index is -4.33. The van der Waals surface area contributed by atoms with Crippen molar-refractivity contribution in [2.45, 2.75) is 39.5 Å². The Bertz CT molecular complexity index is 465. The van der Waals surface area contributed by atoms with E-state index in [1.54, 1.807) is 6.92 Å². The minimum Gasteiger partial charge on any atom is -0.463 e. The summed E-state index contributed by atoms with van der Waals surface area (Å²) < 4.78 is 32.5. The monoisotopic (exact) mass is 352 g/mol. The minimum absolute atomic E-state index is 0.0642. The maximum absolute atomic E-state index is 12.9. The van der Waals surface area contributed by atoms with Gasteiger partial charge in [-0.2, -0.15) is 0 Å². The molecular formula is C14H25O8P. The molecule has 0 aromatic carbocycles. The van der Waals surface area contributed by atoms with Crippen molar-refractivity contribution >= 4 is 19.5 Å². The van der Waals surface area contributed by atoms with Crippen LogP contribution in [0.5, 0.6) is 0 Å². The van der Waals surface area contributed by atoms with Gasteiger partial charge in [-0.1, -0.05) is 6.58 Å². The molecule has 0 aromatic heterocycles. The van der Waals surface area contributed by atoms with E-state index in [1.165, 1.54) is 20.8 Å². The van der Waals surface area contributed by atoms with E-state index in [9.17, 15) is 19.3 Å². The molecule has 9 heteroatoms. The molecule has 23 heavy (non-hydrogen) atoms. The summed E-state index contributed by atoms with van der Waals surface area (Å²) in [6.45, 7) is 9.49. The van der Waals surface area contributed by atoms with Gasteiger partial charge < -0.3 is 23.6 Å². The SMILES string of the molecule is C=C(CC(O)(C(=O)OCC)P(=O)(OCC)OCC)C(=O)OCC. The number of rotatable bonds is 11. The van der Waals surface area contributed by atoms with E-state index in [-0.39, 0.29) is 32.0 Å². The Balaban J connectivity index is 5.72. The number of esters is 2.